The Morgan fingerprint density at radius 1 is 1.19 bits per heavy atom. The molecule has 140 valence electrons. The molecule has 1 aliphatic carbocycles. The summed E-state index contributed by atoms with van der Waals surface area (Å²) in [4.78, 5) is 26.0. The largest absolute Gasteiger partial charge is 0.396 e. The van der Waals surface area contributed by atoms with Gasteiger partial charge in [-0.05, 0) is 25.7 Å². The summed E-state index contributed by atoms with van der Waals surface area (Å²) in [6, 6.07) is 0.510. The highest BCUT2D eigenvalue weighted by Gasteiger charge is 2.27. The fourth-order valence-electron chi connectivity index (χ4n) is 3.65. The van der Waals surface area contributed by atoms with E-state index in [0.29, 0.717) is 19.1 Å². The highest BCUT2D eigenvalue weighted by molar-refractivity contribution is 5.76. The van der Waals surface area contributed by atoms with Crippen molar-refractivity contribution in [2.24, 2.45) is 0 Å². The average Bonchev–Trinajstić information content (AvgIpc) is 3.48. The first-order chi connectivity index (χ1) is 12.7. The smallest absolute Gasteiger partial charge is 0.225 e. The van der Waals surface area contributed by atoms with Crippen molar-refractivity contribution in [3.8, 4) is 0 Å². The van der Waals surface area contributed by atoms with Crippen LogP contribution in [0, 0.1) is 0 Å². The van der Waals surface area contributed by atoms with E-state index in [2.05, 4.69) is 22.4 Å². The molecular weight excluding hydrogens is 330 g/mol. The van der Waals surface area contributed by atoms with Crippen molar-refractivity contribution >= 4 is 17.7 Å². The van der Waals surface area contributed by atoms with Gasteiger partial charge in [-0.2, -0.15) is 4.98 Å². The molecule has 4 rings (SSSR count). The van der Waals surface area contributed by atoms with Crippen LogP contribution in [0.3, 0.4) is 0 Å². The van der Waals surface area contributed by atoms with Crippen LogP contribution >= 0.6 is 0 Å². The molecule has 7 heteroatoms. The summed E-state index contributed by atoms with van der Waals surface area (Å²) in [5.41, 5.74) is 2.24. The molecule has 1 amide bonds. The standard InChI is InChI=1S/C19H27N5O2/c25-13-8-17(26)23-11-6-15-16(7-12-23)21-19(20-14-4-5-14)22-18(15)24-9-2-1-3-10-24/h1-2,14,25H,3-13H2,(H,20,21,22). The van der Waals surface area contributed by atoms with E-state index in [0.717, 1.165) is 49.8 Å². The lowest BCUT2D eigenvalue weighted by Gasteiger charge is -2.28. The summed E-state index contributed by atoms with van der Waals surface area (Å²) in [6.07, 6.45) is 9.52. The van der Waals surface area contributed by atoms with Crippen LogP contribution in [0.4, 0.5) is 11.8 Å². The molecule has 1 saturated carbocycles. The number of hydrogen-bond donors (Lipinski definition) is 2. The second-order valence-corrected chi connectivity index (χ2v) is 7.28. The normalized spacial score (nSPS) is 19.9. The minimum Gasteiger partial charge on any atom is -0.396 e. The molecule has 1 aromatic rings. The Balaban J connectivity index is 1.61. The first-order valence-corrected chi connectivity index (χ1v) is 9.69. The highest BCUT2D eigenvalue weighted by Crippen LogP contribution is 2.29. The summed E-state index contributed by atoms with van der Waals surface area (Å²) in [5, 5.41) is 12.5. The molecule has 1 aromatic heterocycles. The van der Waals surface area contributed by atoms with Crippen LogP contribution in [0.2, 0.25) is 0 Å². The molecule has 0 aromatic carbocycles. The fraction of sp³-hybridized carbons (Fsp3) is 0.632. The van der Waals surface area contributed by atoms with Crippen LogP contribution in [0.15, 0.2) is 12.2 Å². The lowest BCUT2D eigenvalue weighted by atomic mass is 10.1. The second kappa shape index (κ2) is 7.61. The SMILES string of the molecule is O=C(CCO)N1CCc2nc(NC3CC3)nc(N3CC=CCC3)c2CC1. The number of nitrogens with one attached hydrogen (secondary N) is 1. The third-order valence-electron chi connectivity index (χ3n) is 5.27. The van der Waals surface area contributed by atoms with Gasteiger partial charge in [-0.1, -0.05) is 12.2 Å². The van der Waals surface area contributed by atoms with Gasteiger partial charge in [0.15, 0.2) is 0 Å². The number of aromatic nitrogens is 2. The molecule has 7 nitrogen and oxygen atoms in total. The summed E-state index contributed by atoms with van der Waals surface area (Å²) >= 11 is 0. The van der Waals surface area contributed by atoms with Crippen LogP contribution in [0.1, 0.15) is 36.9 Å². The highest BCUT2D eigenvalue weighted by atomic mass is 16.3. The van der Waals surface area contributed by atoms with Crippen molar-refractivity contribution < 1.29 is 9.90 Å². The lowest BCUT2D eigenvalue weighted by Crippen LogP contribution is -2.33. The Labute approximate surface area is 154 Å². The van der Waals surface area contributed by atoms with Gasteiger partial charge in [0.25, 0.3) is 0 Å². The number of aliphatic hydroxyl groups is 1. The third-order valence-corrected chi connectivity index (χ3v) is 5.27. The Bertz CT molecular complexity index is 701. The quantitative estimate of drug-likeness (QED) is 0.769. The van der Waals surface area contributed by atoms with E-state index < -0.39 is 0 Å². The molecule has 0 unspecified atom stereocenters. The van der Waals surface area contributed by atoms with Crippen LogP contribution < -0.4 is 10.2 Å². The monoisotopic (exact) mass is 357 g/mol. The maximum atomic E-state index is 12.2. The first-order valence-electron chi connectivity index (χ1n) is 9.69. The predicted molar refractivity (Wildman–Crippen MR) is 100 cm³/mol. The molecule has 0 atom stereocenters. The maximum absolute atomic E-state index is 12.2. The van der Waals surface area contributed by atoms with Gasteiger partial charge in [-0.15, -0.1) is 0 Å². The van der Waals surface area contributed by atoms with Gasteiger partial charge in [0.2, 0.25) is 11.9 Å². The molecule has 1 fully saturated rings. The number of amides is 1. The van der Waals surface area contributed by atoms with Gasteiger partial charge in [0, 0.05) is 50.6 Å². The number of rotatable bonds is 5. The lowest BCUT2D eigenvalue weighted by molar-refractivity contribution is -0.131. The van der Waals surface area contributed by atoms with Crippen LogP contribution in [0.25, 0.3) is 0 Å². The van der Waals surface area contributed by atoms with E-state index in [4.69, 9.17) is 15.1 Å². The number of nitrogens with zero attached hydrogens (tertiary/aromatic N) is 4. The van der Waals surface area contributed by atoms with Crippen molar-refractivity contribution in [3.63, 3.8) is 0 Å². The summed E-state index contributed by atoms with van der Waals surface area (Å²) in [5.74, 6) is 1.77. The third kappa shape index (κ3) is 3.82. The zero-order valence-electron chi connectivity index (χ0n) is 15.2. The van der Waals surface area contributed by atoms with Gasteiger partial charge in [-0.3, -0.25) is 4.79 Å². The van der Waals surface area contributed by atoms with E-state index in [1.807, 2.05) is 4.90 Å². The number of fused-ring (bicyclic) bond motifs is 1. The minimum atomic E-state index is -0.0943. The van der Waals surface area contributed by atoms with Crippen molar-refractivity contribution in [1.29, 1.82) is 0 Å². The molecule has 3 heterocycles. The number of anilines is 2. The van der Waals surface area contributed by atoms with Crippen LogP contribution in [0.5, 0.6) is 0 Å². The first kappa shape index (κ1) is 17.3. The maximum Gasteiger partial charge on any atom is 0.225 e. The van der Waals surface area contributed by atoms with E-state index in [1.54, 1.807) is 0 Å². The van der Waals surface area contributed by atoms with E-state index in [1.165, 1.54) is 18.4 Å². The van der Waals surface area contributed by atoms with Gasteiger partial charge < -0.3 is 20.2 Å². The van der Waals surface area contributed by atoms with Gasteiger partial charge in [0.05, 0.1) is 12.3 Å². The van der Waals surface area contributed by atoms with Crippen molar-refractivity contribution in [2.45, 2.75) is 44.6 Å². The summed E-state index contributed by atoms with van der Waals surface area (Å²) in [7, 11) is 0. The molecule has 0 radical (unpaired) electrons. The zero-order chi connectivity index (χ0) is 17.9. The Morgan fingerprint density at radius 3 is 2.77 bits per heavy atom. The molecule has 2 aliphatic heterocycles. The Hall–Kier alpha value is -2.15. The average molecular weight is 357 g/mol. The zero-order valence-corrected chi connectivity index (χ0v) is 15.2. The molecule has 26 heavy (non-hydrogen) atoms. The number of aliphatic hydroxyl groups excluding tert-OH is 1. The fourth-order valence-corrected chi connectivity index (χ4v) is 3.65. The molecule has 0 saturated heterocycles. The number of hydrogen-bond acceptors (Lipinski definition) is 6. The van der Waals surface area contributed by atoms with Crippen LogP contribution in [-0.2, 0) is 17.6 Å². The second-order valence-electron chi connectivity index (χ2n) is 7.28. The van der Waals surface area contributed by atoms with E-state index >= 15 is 0 Å². The van der Waals surface area contributed by atoms with Crippen LogP contribution in [-0.4, -0.2) is 64.7 Å². The Morgan fingerprint density at radius 2 is 2.04 bits per heavy atom. The molecule has 0 bridgehead atoms. The summed E-state index contributed by atoms with van der Waals surface area (Å²) < 4.78 is 0. The minimum absolute atomic E-state index is 0.0204. The van der Waals surface area contributed by atoms with Crippen molar-refractivity contribution in [3.05, 3.63) is 23.4 Å². The molecule has 3 aliphatic rings. The predicted octanol–water partition coefficient (Wildman–Crippen LogP) is 1.13. The van der Waals surface area contributed by atoms with E-state index in [-0.39, 0.29) is 18.9 Å². The van der Waals surface area contributed by atoms with Crippen molar-refractivity contribution in [1.82, 2.24) is 14.9 Å². The van der Waals surface area contributed by atoms with Gasteiger partial charge >= 0.3 is 0 Å². The molecule has 2 N–H and O–H groups in total. The molecular formula is C19H27N5O2. The van der Waals surface area contributed by atoms with Gasteiger partial charge in [0.1, 0.15) is 5.82 Å². The number of carbonyl (C=O) groups excluding carboxylic acids is 1. The van der Waals surface area contributed by atoms with Gasteiger partial charge in [-0.25, -0.2) is 4.98 Å². The number of carbonyl (C=O) groups is 1. The Kier molecular flexibility index (Phi) is 5.06. The van der Waals surface area contributed by atoms with Crippen molar-refractivity contribution in [2.75, 3.05) is 43.0 Å². The topological polar surface area (TPSA) is 81.6 Å². The summed E-state index contributed by atoms with van der Waals surface area (Å²) in [6.45, 7) is 3.07. The van der Waals surface area contributed by atoms with E-state index in [9.17, 15) is 4.79 Å². The molecule has 0 spiro atoms.